The second kappa shape index (κ2) is 4.06. The van der Waals surface area contributed by atoms with Gasteiger partial charge in [-0.15, -0.1) is 0 Å². The molecule has 90 valence electrons. The lowest BCUT2D eigenvalue weighted by Gasteiger charge is -2.26. The zero-order valence-electron chi connectivity index (χ0n) is 8.21. The minimum atomic E-state index is -1.77. The van der Waals surface area contributed by atoms with Crippen molar-refractivity contribution in [3.8, 4) is 0 Å². The second-order valence-corrected chi connectivity index (χ2v) is 3.75. The summed E-state index contributed by atoms with van der Waals surface area (Å²) in [7, 11) is 0. The van der Waals surface area contributed by atoms with E-state index in [9.17, 15) is 14.4 Å². The second-order valence-electron chi connectivity index (χ2n) is 3.75. The van der Waals surface area contributed by atoms with Crippen LogP contribution >= 0.6 is 0 Å². The maximum atomic E-state index is 11.1. The molecule has 0 bridgehead atoms. The number of aliphatic carboxylic acids is 3. The van der Waals surface area contributed by atoms with Crippen LogP contribution in [0.25, 0.3) is 0 Å². The van der Waals surface area contributed by atoms with Gasteiger partial charge in [0.15, 0.2) is 0 Å². The van der Waals surface area contributed by atoms with Gasteiger partial charge in [0.2, 0.25) is 0 Å². The summed E-state index contributed by atoms with van der Waals surface area (Å²) in [4.78, 5) is 32.4. The van der Waals surface area contributed by atoms with E-state index in [1.807, 2.05) is 0 Å². The van der Waals surface area contributed by atoms with Gasteiger partial charge in [0.05, 0.1) is 0 Å². The maximum Gasteiger partial charge on any atom is 0.321 e. The maximum absolute atomic E-state index is 11.1. The summed E-state index contributed by atoms with van der Waals surface area (Å²) in [5.41, 5.74) is 3.54. The highest BCUT2D eigenvalue weighted by atomic mass is 16.4. The summed E-state index contributed by atoms with van der Waals surface area (Å²) in [6, 6.07) is -2.72. The molecule has 0 radical (unpaired) electrons. The molecule has 1 rings (SSSR count). The average molecular weight is 232 g/mol. The number of hydrogen-bond acceptors (Lipinski definition) is 5. The van der Waals surface area contributed by atoms with Gasteiger partial charge in [-0.25, -0.2) is 0 Å². The van der Waals surface area contributed by atoms with Crippen LogP contribution in [0.4, 0.5) is 0 Å². The molecule has 0 saturated carbocycles. The van der Waals surface area contributed by atoms with Crippen molar-refractivity contribution in [2.24, 2.45) is 11.1 Å². The Kier molecular flexibility index (Phi) is 3.15. The molecular weight excluding hydrogens is 220 g/mol. The third kappa shape index (κ3) is 1.84. The van der Waals surface area contributed by atoms with E-state index >= 15 is 0 Å². The first kappa shape index (κ1) is 12.4. The predicted molar refractivity (Wildman–Crippen MR) is 49.7 cm³/mol. The van der Waals surface area contributed by atoms with Crippen molar-refractivity contribution in [2.45, 2.75) is 18.5 Å². The summed E-state index contributed by atoms with van der Waals surface area (Å²) >= 11 is 0. The summed E-state index contributed by atoms with van der Waals surface area (Å²) < 4.78 is 0. The molecule has 1 aliphatic rings. The molecule has 16 heavy (non-hydrogen) atoms. The highest BCUT2D eigenvalue weighted by Crippen LogP contribution is 2.32. The van der Waals surface area contributed by atoms with Crippen LogP contribution in [0.5, 0.6) is 0 Å². The molecular formula is C8H12N2O6. The zero-order chi connectivity index (χ0) is 12.5. The minimum absolute atomic E-state index is 0.271. The van der Waals surface area contributed by atoms with Gasteiger partial charge < -0.3 is 26.4 Å². The van der Waals surface area contributed by atoms with E-state index in [-0.39, 0.29) is 13.0 Å². The van der Waals surface area contributed by atoms with E-state index in [1.54, 1.807) is 0 Å². The van der Waals surface area contributed by atoms with E-state index in [4.69, 9.17) is 21.1 Å². The van der Waals surface area contributed by atoms with Gasteiger partial charge in [0.25, 0.3) is 0 Å². The number of carboxylic acids is 3. The lowest BCUT2D eigenvalue weighted by atomic mass is 9.78. The van der Waals surface area contributed by atoms with Crippen LogP contribution in [0.1, 0.15) is 6.42 Å². The van der Waals surface area contributed by atoms with Crippen molar-refractivity contribution in [3.63, 3.8) is 0 Å². The Morgan fingerprint density at radius 1 is 1.31 bits per heavy atom. The van der Waals surface area contributed by atoms with E-state index in [2.05, 4.69) is 5.32 Å². The Morgan fingerprint density at radius 2 is 1.88 bits per heavy atom. The van der Waals surface area contributed by atoms with Crippen LogP contribution in [0.2, 0.25) is 0 Å². The summed E-state index contributed by atoms with van der Waals surface area (Å²) in [6.45, 7) is -0.271. The average Bonchev–Trinajstić information content (AvgIpc) is 2.62. The van der Waals surface area contributed by atoms with Gasteiger partial charge in [-0.1, -0.05) is 0 Å². The summed E-state index contributed by atoms with van der Waals surface area (Å²) in [6.07, 6.45) is -0.342. The van der Waals surface area contributed by atoms with Crippen LogP contribution < -0.4 is 11.1 Å². The van der Waals surface area contributed by atoms with Gasteiger partial charge in [0, 0.05) is 6.54 Å². The SMILES string of the molecule is NC(C(=O)O)[C@]1(C(=O)O)CN[C@@H](C(=O)O)C1. The highest BCUT2D eigenvalue weighted by molar-refractivity contribution is 5.88. The number of hydrogen-bond donors (Lipinski definition) is 5. The predicted octanol–water partition coefficient (Wildman–Crippen LogP) is -2.08. The van der Waals surface area contributed by atoms with Gasteiger partial charge >= 0.3 is 17.9 Å². The topological polar surface area (TPSA) is 150 Å². The first-order valence-electron chi connectivity index (χ1n) is 4.49. The molecule has 0 aliphatic carbocycles. The Hall–Kier alpha value is -1.67. The molecule has 8 nitrogen and oxygen atoms in total. The summed E-state index contributed by atoms with van der Waals surface area (Å²) in [5.74, 6) is -4.09. The molecule has 6 N–H and O–H groups in total. The lowest BCUT2D eigenvalue weighted by Crippen LogP contribution is -2.53. The molecule has 8 heteroatoms. The van der Waals surface area contributed by atoms with Crippen molar-refractivity contribution >= 4 is 17.9 Å². The molecule has 1 aliphatic heterocycles. The molecule has 0 aromatic carbocycles. The van der Waals surface area contributed by atoms with Crippen LogP contribution in [0.3, 0.4) is 0 Å². The van der Waals surface area contributed by atoms with E-state index < -0.39 is 35.4 Å². The molecule has 3 atom stereocenters. The number of carboxylic acid groups (broad SMARTS) is 3. The van der Waals surface area contributed by atoms with Crippen molar-refractivity contribution < 1.29 is 29.7 Å². The van der Waals surface area contributed by atoms with E-state index in [1.165, 1.54) is 0 Å². The van der Waals surface area contributed by atoms with Crippen molar-refractivity contribution in [2.75, 3.05) is 6.54 Å². The lowest BCUT2D eigenvalue weighted by molar-refractivity contribution is -0.157. The quantitative estimate of drug-likeness (QED) is 0.370. The third-order valence-electron chi connectivity index (χ3n) is 2.82. The minimum Gasteiger partial charge on any atom is -0.481 e. The molecule has 1 fully saturated rings. The van der Waals surface area contributed by atoms with Crippen molar-refractivity contribution in [1.82, 2.24) is 5.32 Å². The molecule has 0 aromatic rings. The Morgan fingerprint density at radius 3 is 2.19 bits per heavy atom. The number of nitrogens with two attached hydrogens (primary N) is 1. The van der Waals surface area contributed by atoms with E-state index in [0.29, 0.717) is 0 Å². The van der Waals surface area contributed by atoms with Gasteiger partial charge in [-0.3, -0.25) is 14.4 Å². The van der Waals surface area contributed by atoms with Gasteiger partial charge in [-0.05, 0) is 6.42 Å². The highest BCUT2D eigenvalue weighted by Gasteiger charge is 2.54. The Labute approximate surface area is 90.0 Å². The largest absolute Gasteiger partial charge is 0.481 e. The number of nitrogens with one attached hydrogen (secondary N) is 1. The van der Waals surface area contributed by atoms with Crippen LogP contribution in [-0.2, 0) is 14.4 Å². The smallest absolute Gasteiger partial charge is 0.321 e. The first-order valence-corrected chi connectivity index (χ1v) is 4.49. The Balaban J connectivity index is 2.98. The fourth-order valence-corrected chi connectivity index (χ4v) is 1.76. The molecule has 1 saturated heterocycles. The molecule has 0 aromatic heterocycles. The Bertz CT molecular complexity index is 343. The number of carbonyl (C=O) groups is 3. The number of rotatable bonds is 4. The van der Waals surface area contributed by atoms with Crippen LogP contribution in [-0.4, -0.2) is 51.9 Å². The van der Waals surface area contributed by atoms with Crippen LogP contribution in [0, 0.1) is 5.41 Å². The fourth-order valence-electron chi connectivity index (χ4n) is 1.76. The summed E-state index contributed by atoms with van der Waals surface area (Å²) in [5, 5.41) is 28.9. The fraction of sp³-hybridized carbons (Fsp3) is 0.625. The van der Waals surface area contributed by atoms with E-state index in [0.717, 1.165) is 0 Å². The normalized spacial score (nSPS) is 30.9. The van der Waals surface area contributed by atoms with Crippen molar-refractivity contribution in [3.05, 3.63) is 0 Å². The zero-order valence-corrected chi connectivity index (χ0v) is 8.21. The standard InChI is InChI=1S/C8H12N2O6/c9-4(6(13)14)8(7(15)16)1-3(5(11)12)10-2-8/h3-4,10H,1-2,9H2,(H,11,12)(H,13,14)(H,15,16)/t3-,4?,8-/m1/s1. The van der Waals surface area contributed by atoms with Crippen LogP contribution in [0.15, 0.2) is 0 Å². The molecule has 0 amide bonds. The first-order chi connectivity index (χ1) is 7.31. The van der Waals surface area contributed by atoms with Gasteiger partial charge in [0.1, 0.15) is 17.5 Å². The van der Waals surface area contributed by atoms with Gasteiger partial charge in [-0.2, -0.15) is 0 Å². The monoisotopic (exact) mass is 232 g/mol. The molecule has 1 unspecified atom stereocenters. The molecule has 0 spiro atoms. The molecule has 1 heterocycles. The third-order valence-corrected chi connectivity index (χ3v) is 2.82. The van der Waals surface area contributed by atoms with Crippen molar-refractivity contribution in [1.29, 1.82) is 0 Å².